The van der Waals surface area contributed by atoms with Crippen LogP contribution in [-0.2, 0) is 15.7 Å². The molecule has 2 bridgehead atoms. The lowest BCUT2D eigenvalue weighted by Crippen LogP contribution is -2.50. The number of hydrogen-bond donors (Lipinski definition) is 1. The van der Waals surface area contributed by atoms with E-state index in [1.54, 1.807) is 6.07 Å². The highest BCUT2D eigenvalue weighted by Gasteiger charge is 2.45. The van der Waals surface area contributed by atoms with Crippen LogP contribution in [0.4, 0.5) is 24.5 Å². The van der Waals surface area contributed by atoms with Crippen LogP contribution in [0.25, 0.3) is 0 Å². The molecule has 1 N–H and O–H groups in total. The molecule has 2 saturated heterocycles. The van der Waals surface area contributed by atoms with Crippen LogP contribution in [0.3, 0.4) is 0 Å². The molecule has 36 heavy (non-hydrogen) atoms. The second-order valence-electron chi connectivity index (χ2n) is 10.2. The van der Waals surface area contributed by atoms with Crippen LogP contribution in [0.5, 0.6) is 0 Å². The number of halogens is 4. The average Bonchev–Trinajstić information content (AvgIpc) is 3.46. The van der Waals surface area contributed by atoms with Crippen LogP contribution in [-0.4, -0.2) is 54.7 Å². The van der Waals surface area contributed by atoms with Crippen LogP contribution < -0.4 is 10.2 Å². The molecule has 2 atom stereocenters. The smallest absolute Gasteiger partial charge is 0.382 e. The van der Waals surface area contributed by atoms with Gasteiger partial charge in [-0.05, 0) is 81.0 Å². The molecule has 5 nitrogen and oxygen atoms in total. The van der Waals surface area contributed by atoms with E-state index in [1.165, 1.54) is 19.1 Å². The van der Waals surface area contributed by atoms with Gasteiger partial charge in [0.2, 0.25) is 5.91 Å². The highest BCUT2D eigenvalue weighted by atomic mass is 35.5. The number of likely N-dealkylation sites (tertiary alicyclic amines) is 1. The second kappa shape index (κ2) is 10.1. The van der Waals surface area contributed by atoms with Crippen molar-refractivity contribution < 1.29 is 22.7 Å². The monoisotopic (exact) mass is 521 g/mol. The molecular formula is C27H31ClF3N3O2. The standard InChI is InChI=1S/C27H31ClF3N3O2/c1-17-2-5-20(12-25(17)27(29,30)31)32-19-6-10-24(11-7-19)36-16-26(35)34-15-22-13-23(34)14-33(22)21-8-3-18(28)4-9-21/h2-5,8-9,12,19,22-24,32H,6-7,10-11,13-16H2,1H3. The highest BCUT2D eigenvalue weighted by molar-refractivity contribution is 6.30. The van der Waals surface area contributed by atoms with E-state index in [9.17, 15) is 18.0 Å². The lowest BCUT2D eigenvalue weighted by Gasteiger charge is -2.36. The van der Waals surface area contributed by atoms with Gasteiger partial charge < -0.3 is 19.9 Å². The summed E-state index contributed by atoms with van der Waals surface area (Å²) in [5.41, 5.74) is 1.25. The molecule has 2 aromatic rings. The molecule has 194 valence electrons. The number of amides is 1. The zero-order valence-electron chi connectivity index (χ0n) is 20.2. The minimum atomic E-state index is -4.36. The number of aryl methyl sites for hydroxylation is 1. The van der Waals surface area contributed by atoms with E-state index in [0.717, 1.165) is 44.3 Å². The van der Waals surface area contributed by atoms with Crippen molar-refractivity contribution >= 4 is 28.9 Å². The van der Waals surface area contributed by atoms with Crippen molar-refractivity contribution in [3.05, 3.63) is 58.6 Å². The summed E-state index contributed by atoms with van der Waals surface area (Å²) in [4.78, 5) is 17.2. The number of nitrogens with zero attached hydrogens (tertiary/aromatic N) is 2. The third kappa shape index (κ3) is 5.44. The van der Waals surface area contributed by atoms with Gasteiger partial charge in [-0.2, -0.15) is 13.2 Å². The van der Waals surface area contributed by atoms with Crippen molar-refractivity contribution in [1.82, 2.24) is 4.90 Å². The summed E-state index contributed by atoms with van der Waals surface area (Å²) in [5.74, 6) is 0.0397. The van der Waals surface area contributed by atoms with E-state index in [-0.39, 0.29) is 36.3 Å². The maximum Gasteiger partial charge on any atom is 0.416 e. The number of carbonyl (C=O) groups is 1. The Kier molecular flexibility index (Phi) is 7.10. The number of ether oxygens (including phenoxy) is 1. The van der Waals surface area contributed by atoms with Gasteiger partial charge in [-0.3, -0.25) is 4.79 Å². The van der Waals surface area contributed by atoms with Gasteiger partial charge in [-0.15, -0.1) is 0 Å². The fourth-order valence-electron chi connectivity index (χ4n) is 5.82. The van der Waals surface area contributed by atoms with E-state index in [2.05, 4.69) is 10.2 Å². The minimum absolute atomic E-state index is 0.00103. The van der Waals surface area contributed by atoms with E-state index < -0.39 is 11.7 Å². The molecule has 2 aliphatic heterocycles. The van der Waals surface area contributed by atoms with Gasteiger partial charge in [0.25, 0.3) is 0 Å². The molecule has 0 radical (unpaired) electrons. The van der Waals surface area contributed by atoms with Crippen molar-refractivity contribution in [2.45, 2.75) is 69.4 Å². The largest absolute Gasteiger partial charge is 0.416 e. The first-order valence-corrected chi connectivity index (χ1v) is 12.9. The molecule has 0 spiro atoms. The van der Waals surface area contributed by atoms with Gasteiger partial charge in [0.1, 0.15) is 6.61 Å². The van der Waals surface area contributed by atoms with Crippen LogP contribution >= 0.6 is 11.6 Å². The molecule has 2 unspecified atom stereocenters. The average molecular weight is 522 g/mol. The third-order valence-electron chi connectivity index (χ3n) is 7.75. The molecular weight excluding hydrogens is 491 g/mol. The summed E-state index contributed by atoms with van der Waals surface area (Å²) in [6.07, 6.45) is -0.250. The summed E-state index contributed by atoms with van der Waals surface area (Å²) >= 11 is 6.00. The summed E-state index contributed by atoms with van der Waals surface area (Å²) in [6.45, 7) is 3.09. The summed E-state index contributed by atoms with van der Waals surface area (Å²) < 4.78 is 45.6. The number of rotatable bonds is 6. The Bertz CT molecular complexity index is 1090. The maximum absolute atomic E-state index is 13.2. The molecule has 1 aliphatic carbocycles. The first kappa shape index (κ1) is 25.2. The number of carbonyl (C=O) groups excluding carboxylic acids is 1. The molecule has 0 aromatic heterocycles. The zero-order chi connectivity index (χ0) is 25.4. The van der Waals surface area contributed by atoms with Crippen molar-refractivity contribution in [3.63, 3.8) is 0 Å². The summed E-state index contributed by atoms with van der Waals surface area (Å²) in [6, 6.07) is 12.9. The van der Waals surface area contributed by atoms with Gasteiger partial charge in [0.05, 0.1) is 17.7 Å². The quantitative estimate of drug-likeness (QED) is 0.514. The second-order valence-corrected chi connectivity index (χ2v) is 10.6. The Morgan fingerprint density at radius 2 is 1.78 bits per heavy atom. The molecule has 2 aromatic carbocycles. The molecule has 3 aliphatic rings. The van der Waals surface area contributed by atoms with E-state index >= 15 is 0 Å². The van der Waals surface area contributed by atoms with Crippen molar-refractivity contribution in [1.29, 1.82) is 0 Å². The van der Waals surface area contributed by atoms with Crippen LogP contribution in [0.15, 0.2) is 42.5 Å². The lowest BCUT2D eigenvalue weighted by atomic mass is 9.92. The number of piperazine rings is 1. The maximum atomic E-state index is 13.2. The first-order chi connectivity index (χ1) is 17.2. The number of benzene rings is 2. The Hall–Kier alpha value is -2.45. The van der Waals surface area contributed by atoms with Crippen LogP contribution in [0.1, 0.15) is 43.2 Å². The van der Waals surface area contributed by atoms with Crippen molar-refractivity contribution in [2.24, 2.45) is 0 Å². The van der Waals surface area contributed by atoms with Gasteiger partial charge in [-0.1, -0.05) is 17.7 Å². The third-order valence-corrected chi connectivity index (χ3v) is 8.00. The predicted octanol–water partition coefficient (Wildman–Crippen LogP) is 5.90. The van der Waals surface area contributed by atoms with E-state index in [4.69, 9.17) is 16.3 Å². The molecule has 2 heterocycles. The Morgan fingerprint density at radius 1 is 1.06 bits per heavy atom. The fourth-order valence-corrected chi connectivity index (χ4v) is 5.95. The number of alkyl halides is 3. The molecule has 9 heteroatoms. The van der Waals surface area contributed by atoms with Gasteiger partial charge in [-0.25, -0.2) is 0 Å². The topological polar surface area (TPSA) is 44.8 Å². The molecule has 5 rings (SSSR count). The lowest BCUT2D eigenvalue weighted by molar-refractivity contribution is -0.140. The van der Waals surface area contributed by atoms with Gasteiger partial charge in [0, 0.05) is 41.6 Å². The van der Waals surface area contributed by atoms with Crippen LogP contribution in [0.2, 0.25) is 5.02 Å². The van der Waals surface area contributed by atoms with Gasteiger partial charge in [0.15, 0.2) is 0 Å². The van der Waals surface area contributed by atoms with Gasteiger partial charge >= 0.3 is 6.18 Å². The van der Waals surface area contributed by atoms with Crippen molar-refractivity contribution in [3.8, 4) is 0 Å². The predicted molar refractivity (Wildman–Crippen MR) is 135 cm³/mol. The number of nitrogens with one attached hydrogen (secondary N) is 1. The normalized spacial score (nSPS) is 25.9. The zero-order valence-corrected chi connectivity index (χ0v) is 21.0. The SMILES string of the molecule is Cc1ccc(NC2CCC(OCC(=O)N3CC4CC3CN4c3ccc(Cl)cc3)CC2)cc1C(F)(F)F. The van der Waals surface area contributed by atoms with Crippen molar-refractivity contribution in [2.75, 3.05) is 29.9 Å². The van der Waals surface area contributed by atoms with E-state index in [0.29, 0.717) is 23.3 Å². The Morgan fingerprint density at radius 3 is 2.42 bits per heavy atom. The number of fused-ring (bicyclic) bond motifs is 2. The summed E-state index contributed by atoms with van der Waals surface area (Å²) in [7, 11) is 0. The van der Waals surface area contributed by atoms with E-state index in [1.807, 2.05) is 29.2 Å². The highest BCUT2D eigenvalue weighted by Crippen LogP contribution is 2.36. The number of hydrogen-bond acceptors (Lipinski definition) is 4. The number of anilines is 2. The van der Waals surface area contributed by atoms with Crippen LogP contribution in [0, 0.1) is 6.92 Å². The fraction of sp³-hybridized carbons (Fsp3) is 0.519. The molecule has 1 saturated carbocycles. The molecule has 3 fully saturated rings. The Balaban J connectivity index is 1.06. The minimum Gasteiger partial charge on any atom is -0.382 e. The first-order valence-electron chi connectivity index (χ1n) is 12.5. The molecule has 1 amide bonds. The Labute approximate surface area is 214 Å². The summed E-state index contributed by atoms with van der Waals surface area (Å²) in [5, 5.41) is 3.96.